The van der Waals surface area contributed by atoms with Crippen molar-refractivity contribution in [2.75, 3.05) is 13.2 Å². The normalized spacial score (nSPS) is 10.6. The molecule has 2 aromatic carbocycles. The lowest BCUT2D eigenvalue weighted by Crippen LogP contribution is -2.36. The lowest BCUT2D eigenvalue weighted by atomic mass is 10.1. The highest BCUT2D eigenvalue weighted by Gasteiger charge is 2.08. The molecular formula is C22H28N2O4. The molecule has 150 valence electrons. The second kappa shape index (κ2) is 11.1. The SMILES string of the molecule is CCOc1ccc(C(=O)NCC(=O)NCc2ccc(COC(C)C)cc2)cc1. The van der Waals surface area contributed by atoms with Gasteiger partial charge in [0.05, 0.1) is 25.9 Å². The van der Waals surface area contributed by atoms with Gasteiger partial charge in [-0.1, -0.05) is 24.3 Å². The van der Waals surface area contributed by atoms with Gasteiger partial charge in [0, 0.05) is 12.1 Å². The third-order valence-electron chi connectivity index (χ3n) is 3.93. The first kappa shape index (κ1) is 21.4. The van der Waals surface area contributed by atoms with E-state index in [1.807, 2.05) is 45.0 Å². The van der Waals surface area contributed by atoms with E-state index in [0.29, 0.717) is 31.1 Å². The maximum atomic E-state index is 12.1. The summed E-state index contributed by atoms with van der Waals surface area (Å²) in [5.41, 5.74) is 2.56. The maximum absolute atomic E-state index is 12.1. The van der Waals surface area contributed by atoms with E-state index in [1.54, 1.807) is 24.3 Å². The van der Waals surface area contributed by atoms with Crippen molar-refractivity contribution in [1.82, 2.24) is 10.6 Å². The Morgan fingerprint density at radius 1 is 0.929 bits per heavy atom. The maximum Gasteiger partial charge on any atom is 0.251 e. The number of benzene rings is 2. The van der Waals surface area contributed by atoms with Gasteiger partial charge in [-0.05, 0) is 56.2 Å². The summed E-state index contributed by atoms with van der Waals surface area (Å²) >= 11 is 0. The summed E-state index contributed by atoms with van der Waals surface area (Å²) in [4.78, 5) is 24.1. The van der Waals surface area contributed by atoms with Crippen LogP contribution in [0.1, 0.15) is 42.3 Å². The minimum atomic E-state index is -0.298. The van der Waals surface area contributed by atoms with Crippen LogP contribution in [-0.2, 0) is 22.7 Å². The molecule has 0 aliphatic carbocycles. The number of carbonyl (C=O) groups is 2. The molecule has 0 aliphatic rings. The Labute approximate surface area is 166 Å². The zero-order chi connectivity index (χ0) is 20.4. The van der Waals surface area contributed by atoms with Crippen molar-refractivity contribution in [2.45, 2.75) is 40.0 Å². The number of ether oxygens (including phenoxy) is 2. The molecule has 0 saturated carbocycles. The van der Waals surface area contributed by atoms with Crippen LogP contribution < -0.4 is 15.4 Å². The molecule has 6 heteroatoms. The largest absolute Gasteiger partial charge is 0.494 e. The fraction of sp³-hybridized carbons (Fsp3) is 0.364. The predicted molar refractivity (Wildman–Crippen MR) is 108 cm³/mol. The highest BCUT2D eigenvalue weighted by atomic mass is 16.5. The standard InChI is InChI=1S/C22H28N2O4/c1-4-27-20-11-9-19(10-12-20)22(26)24-14-21(25)23-13-17-5-7-18(8-6-17)15-28-16(2)3/h5-12,16H,4,13-15H2,1-3H3,(H,23,25)(H,24,26). The highest BCUT2D eigenvalue weighted by molar-refractivity contribution is 5.96. The monoisotopic (exact) mass is 384 g/mol. The first-order valence-electron chi connectivity index (χ1n) is 9.45. The van der Waals surface area contributed by atoms with Crippen molar-refractivity contribution in [2.24, 2.45) is 0 Å². The summed E-state index contributed by atoms with van der Waals surface area (Å²) in [6.45, 7) is 7.36. The Morgan fingerprint density at radius 2 is 1.57 bits per heavy atom. The second-order valence-corrected chi connectivity index (χ2v) is 6.59. The van der Waals surface area contributed by atoms with E-state index in [1.165, 1.54) is 0 Å². The van der Waals surface area contributed by atoms with E-state index in [4.69, 9.17) is 9.47 Å². The molecule has 2 rings (SSSR count). The molecule has 0 fully saturated rings. The van der Waals surface area contributed by atoms with E-state index in [2.05, 4.69) is 10.6 Å². The predicted octanol–water partition coefficient (Wildman–Crippen LogP) is 3.06. The van der Waals surface area contributed by atoms with E-state index in [9.17, 15) is 9.59 Å². The van der Waals surface area contributed by atoms with Crippen LogP contribution in [-0.4, -0.2) is 31.1 Å². The molecule has 0 unspecified atom stereocenters. The van der Waals surface area contributed by atoms with Gasteiger partial charge in [0.25, 0.3) is 5.91 Å². The lowest BCUT2D eigenvalue weighted by molar-refractivity contribution is -0.120. The van der Waals surface area contributed by atoms with E-state index < -0.39 is 0 Å². The van der Waals surface area contributed by atoms with Gasteiger partial charge in [0.2, 0.25) is 5.91 Å². The molecule has 2 N–H and O–H groups in total. The van der Waals surface area contributed by atoms with Crippen LogP contribution in [0.2, 0.25) is 0 Å². The summed E-state index contributed by atoms with van der Waals surface area (Å²) < 4.78 is 10.9. The highest BCUT2D eigenvalue weighted by Crippen LogP contribution is 2.12. The second-order valence-electron chi connectivity index (χ2n) is 6.59. The minimum absolute atomic E-state index is 0.0770. The molecule has 6 nitrogen and oxygen atoms in total. The van der Waals surface area contributed by atoms with E-state index in [-0.39, 0.29) is 24.5 Å². The number of rotatable bonds is 10. The van der Waals surface area contributed by atoms with Crippen LogP contribution >= 0.6 is 0 Å². The molecule has 0 atom stereocenters. The summed E-state index contributed by atoms with van der Waals surface area (Å²) in [6, 6.07) is 14.7. The molecule has 0 saturated heterocycles. The number of carbonyl (C=O) groups excluding carboxylic acids is 2. The van der Waals surface area contributed by atoms with Crippen molar-refractivity contribution in [3.05, 3.63) is 65.2 Å². The van der Waals surface area contributed by atoms with Crippen LogP contribution in [0.25, 0.3) is 0 Å². The summed E-state index contributed by atoms with van der Waals surface area (Å²) in [7, 11) is 0. The number of amides is 2. The third kappa shape index (κ3) is 7.40. The molecule has 0 heterocycles. The van der Waals surface area contributed by atoms with Crippen molar-refractivity contribution >= 4 is 11.8 Å². The van der Waals surface area contributed by atoms with Crippen LogP contribution in [0.4, 0.5) is 0 Å². The fourth-order valence-electron chi connectivity index (χ4n) is 2.41. The lowest BCUT2D eigenvalue weighted by Gasteiger charge is -2.10. The fourth-order valence-corrected chi connectivity index (χ4v) is 2.41. The van der Waals surface area contributed by atoms with Gasteiger partial charge in [-0.2, -0.15) is 0 Å². The first-order chi connectivity index (χ1) is 13.5. The zero-order valence-corrected chi connectivity index (χ0v) is 16.7. The van der Waals surface area contributed by atoms with Gasteiger partial charge in [-0.25, -0.2) is 0 Å². The molecule has 28 heavy (non-hydrogen) atoms. The number of hydrogen-bond acceptors (Lipinski definition) is 4. The van der Waals surface area contributed by atoms with E-state index >= 15 is 0 Å². The Bertz CT molecular complexity index is 755. The average molecular weight is 384 g/mol. The molecule has 0 spiro atoms. The molecule has 0 radical (unpaired) electrons. The van der Waals surface area contributed by atoms with Crippen LogP contribution in [0.3, 0.4) is 0 Å². The van der Waals surface area contributed by atoms with Crippen molar-refractivity contribution in [3.63, 3.8) is 0 Å². The quantitative estimate of drug-likeness (QED) is 0.660. The molecular weight excluding hydrogens is 356 g/mol. The minimum Gasteiger partial charge on any atom is -0.494 e. The molecule has 2 amide bonds. The molecule has 0 bridgehead atoms. The topological polar surface area (TPSA) is 76.7 Å². The molecule has 0 aromatic heterocycles. The van der Waals surface area contributed by atoms with Crippen LogP contribution in [0, 0.1) is 0 Å². The average Bonchev–Trinajstić information content (AvgIpc) is 2.70. The Kier molecular flexibility index (Phi) is 8.49. The summed E-state index contributed by atoms with van der Waals surface area (Å²) in [5, 5.41) is 5.41. The Balaban J connectivity index is 1.72. The smallest absolute Gasteiger partial charge is 0.251 e. The van der Waals surface area contributed by atoms with Gasteiger partial charge < -0.3 is 20.1 Å². The first-order valence-corrected chi connectivity index (χ1v) is 9.45. The van der Waals surface area contributed by atoms with Crippen molar-refractivity contribution < 1.29 is 19.1 Å². The van der Waals surface area contributed by atoms with E-state index in [0.717, 1.165) is 11.1 Å². The Morgan fingerprint density at radius 3 is 2.18 bits per heavy atom. The van der Waals surface area contributed by atoms with Gasteiger partial charge in [-0.15, -0.1) is 0 Å². The van der Waals surface area contributed by atoms with Gasteiger partial charge in [-0.3, -0.25) is 9.59 Å². The van der Waals surface area contributed by atoms with Crippen molar-refractivity contribution in [3.8, 4) is 5.75 Å². The third-order valence-corrected chi connectivity index (χ3v) is 3.93. The van der Waals surface area contributed by atoms with Crippen molar-refractivity contribution in [1.29, 1.82) is 0 Å². The van der Waals surface area contributed by atoms with Gasteiger partial charge in [0.1, 0.15) is 5.75 Å². The Hall–Kier alpha value is -2.86. The van der Waals surface area contributed by atoms with Gasteiger partial charge >= 0.3 is 0 Å². The molecule has 2 aromatic rings. The molecule has 0 aliphatic heterocycles. The number of hydrogen-bond donors (Lipinski definition) is 2. The number of nitrogens with one attached hydrogen (secondary N) is 2. The van der Waals surface area contributed by atoms with Crippen LogP contribution in [0.15, 0.2) is 48.5 Å². The zero-order valence-electron chi connectivity index (χ0n) is 16.7. The van der Waals surface area contributed by atoms with Crippen LogP contribution in [0.5, 0.6) is 5.75 Å². The van der Waals surface area contributed by atoms with Gasteiger partial charge in [0.15, 0.2) is 0 Å². The summed E-state index contributed by atoms with van der Waals surface area (Å²) in [5.74, 6) is 0.165. The summed E-state index contributed by atoms with van der Waals surface area (Å²) in [6.07, 6.45) is 0.191.